The Bertz CT molecular complexity index is 1570. The van der Waals surface area contributed by atoms with Crippen molar-refractivity contribution in [1.29, 1.82) is 0 Å². The number of fused-ring (bicyclic) bond motifs is 4. The molecule has 0 bridgehead atoms. The van der Waals surface area contributed by atoms with Crippen molar-refractivity contribution in [2.75, 3.05) is 5.32 Å². The largest absolute Gasteiger partial charge is 0.487 e. The van der Waals surface area contributed by atoms with Crippen molar-refractivity contribution in [1.82, 2.24) is 0 Å². The van der Waals surface area contributed by atoms with Crippen LogP contribution in [0.3, 0.4) is 0 Å². The van der Waals surface area contributed by atoms with Crippen LogP contribution in [0.2, 0.25) is 10.0 Å². The predicted octanol–water partition coefficient (Wildman–Crippen LogP) is 9.04. The summed E-state index contributed by atoms with van der Waals surface area (Å²) in [6.45, 7) is 4.69. The first kappa shape index (κ1) is 24.1. The number of ketones is 1. The van der Waals surface area contributed by atoms with Crippen LogP contribution in [0, 0.1) is 5.41 Å². The number of carbonyl (C=O) groups excluding carboxylic acids is 1. The summed E-state index contributed by atoms with van der Waals surface area (Å²) in [4.78, 5) is 13.8. The second-order valence-electron chi connectivity index (χ2n) is 10.7. The van der Waals surface area contributed by atoms with Gasteiger partial charge in [-0.2, -0.15) is 0 Å². The minimum absolute atomic E-state index is 0.134. The SMILES string of the molecule is CC1(C)CC(=O)C2=C(C1)c1c(ccc3ccccc13)NC2c1cc(Cl)cc(Cl)c1OCc1ccccc1. The fourth-order valence-corrected chi connectivity index (χ4v) is 6.31. The highest BCUT2D eigenvalue weighted by Gasteiger charge is 2.41. The summed E-state index contributed by atoms with van der Waals surface area (Å²) in [6, 6.07) is 25.7. The van der Waals surface area contributed by atoms with E-state index in [-0.39, 0.29) is 11.2 Å². The summed E-state index contributed by atoms with van der Waals surface area (Å²) >= 11 is 13.2. The molecule has 5 heteroatoms. The Balaban J connectivity index is 1.54. The minimum atomic E-state index is -0.422. The lowest BCUT2D eigenvalue weighted by Gasteiger charge is -2.40. The maximum absolute atomic E-state index is 13.8. The predicted molar refractivity (Wildman–Crippen MR) is 152 cm³/mol. The number of hydrogen-bond donors (Lipinski definition) is 1. The topological polar surface area (TPSA) is 38.3 Å². The molecule has 0 fully saturated rings. The van der Waals surface area contributed by atoms with Gasteiger partial charge in [0, 0.05) is 33.8 Å². The molecule has 186 valence electrons. The van der Waals surface area contributed by atoms with Gasteiger partial charge in [-0.15, -0.1) is 0 Å². The summed E-state index contributed by atoms with van der Waals surface area (Å²) in [5, 5.41) is 6.91. The molecule has 1 N–H and O–H groups in total. The zero-order chi connectivity index (χ0) is 25.7. The first-order chi connectivity index (χ1) is 17.8. The number of hydrogen-bond acceptors (Lipinski definition) is 3. The lowest BCUT2D eigenvalue weighted by atomic mass is 9.68. The number of ether oxygens (including phenoxy) is 1. The molecule has 0 saturated carbocycles. The van der Waals surface area contributed by atoms with Crippen molar-refractivity contribution in [3.63, 3.8) is 0 Å². The standard InChI is InChI=1S/C32H27Cl2NO2/c1-32(2)16-24-28-22-11-7-6-10-20(22)12-13-26(28)35-30(29(24)27(36)17-32)23-14-21(33)15-25(34)31(23)37-18-19-8-4-3-5-9-19/h3-15,30,35H,16-18H2,1-2H3. The maximum Gasteiger partial charge on any atom is 0.162 e. The van der Waals surface area contributed by atoms with Gasteiger partial charge in [0.1, 0.15) is 12.4 Å². The van der Waals surface area contributed by atoms with Crippen molar-refractivity contribution in [2.45, 2.75) is 39.3 Å². The Labute approximate surface area is 227 Å². The quantitative estimate of drug-likeness (QED) is 0.287. The van der Waals surface area contributed by atoms with E-state index in [2.05, 4.69) is 49.5 Å². The van der Waals surface area contributed by atoms with E-state index in [4.69, 9.17) is 27.9 Å². The van der Waals surface area contributed by atoms with E-state index in [0.29, 0.717) is 28.8 Å². The van der Waals surface area contributed by atoms with E-state index in [1.54, 1.807) is 6.07 Å². The highest BCUT2D eigenvalue weighted by Crippen LogP contribution is 2.53. The first-order valence-corrected chi connectivity index (χ1v) is 13.3. The average Bonchev–Trinajstić information content (AvgIpc) is 2.86. The highest BCUT2D eigenvalue weighted by atomic mass is 35.5. The molecule has 4 aromatic rings. The van der Waals surface area contributed by atoms with E-state index in [9.17, 15) is 4.79 Å². The van der Waals surface area contributed by atoms with Crippen molar-refractivity contribution in [2.24, 2.45) is 5.41 Å². The molecule has 0 amide bonds. The number of anilines is 1. The van der Waals surface area contributed by atoms with E-state index in [1.807, 2.05) is 42.5 Å². The third kappa shape index (κ3) is 4.41. The van der Waals surface area contributed by atoms with Gasteiger partial charge in [-0.1, -0.05) is 97.7 Å². The molecule has 2 aliphatic rings. The molecule has 0 radical (unpaired) electrons. The maximum atomic E-state index is 13.8. The van der Waals surface area contributed by atoms with E-state index in [0.717, 1.165) is 50.7 Å². The van der Waals surface area contributed by atoms with Crippen LogP contribution in [0.25, 0.3) is 16.3 Å². The van der Waals surface area contributed by atoms with Gasteiger partial charge in [-0.05, 0) is 51.9 Å². The molecule has 37 heavy (non-hydrogen) atoms. The summed E-state index contributed by atoms with van der Waals surface area (Å²) in [7, 11) is 0. The number of rotatable bonds is 4. The Morgan fingerprint density at radius 1 is 0.946 bits per heavy atom. The van der Waals surface area contributed by atoms with Gasteiger partial charge in [-0.3, -0.25) is 4.79 Å². The highest BCUT2D eigenvalue weighted by molar-refractivity contribution is 6.35. The number of carbonyl (C=O) groups is 1. The molecule has 1 unspecified atom stereocenters. The summed E-state index contributed by atoms with van der Waals surface area (Å²) in [6.07, 6.45) is 1.29. The molecule has 1 heterocycles. The fraction of sp³-hybridized carbons (Fsp3) is 0.219. The number of allylic oxidation sites excluding steroid dienone is 1. The number of nitrogens with one attached hydrogen (secondary N) is 1. The van der Waals surface area contributed by atoms with Crippen LogP contribution >= 0.6 is 23.2 Å². The molecule has 4 aromatic carbocycles. The van der Waals surface area contributed by atoms with Crippen LogP contribution in [0.5, 0.6) is 5.75 Å². The van der Waals surface area contributed by atoms with Gasteiger partial charge in [0.15, 0.2) is 5.78 Å². The van der Waals surface area contributed by atoms with Gasteiger partial charge < -0.3 is 10.1 Å². The van der Waals surface area contributed by atoms with Crippen LogP contribution < -0.4 is 10.1 Å². The average molecular weight is 528 g/mol. The van der Waals surface area contributed by atoms with Crippen molar-refractivity contribution in [3.8, 4) is 5.75 Å². The van der Waals surface area contributed by atoms with Crippen molar-refractivity contribution >= 4 is 51.0 Å². The molecular weight excluding hydrogens is 501 g/mol. The summed E-state index contributed by atoms with van der Waals surface area (Å²) in [5.41, 5.74) is 5.66. The molecular formula is C32H27Cl2NO2. The zero-order valence-corrected chi connectivity index (χ0v) is 22.3. The van der Waals surface area contributed by atoms with Gasteiger partial charge in [0.05, 0.1) is 11.1 Å². The number of Topliss-reactive ketones (excluding diaryl/α,β-unsaturated/α-hetero) is 1. The molecule has 1 aliphatic heterocycles. The van der Waals surface area contributed by atoms with Crippen LogP contribution in [0.4, 0.5) is 5.69 Å². The van der Waals surface area contributed by atoms with Crippen molar-refractivity contribution in [3.05, 3.63) is 111 Å². The van der Waals surface area contributed by atoms with E-state index < -0.39 is 6.04 Å². The fourth-order valence-electron chi connectivity index (χ4n) is 5.75. The normalized spacial score (nSPS) is 18.3. The molecule has 1 atom stereocenters. The smallest absolute Gasteiger partial charge is 0.162 e. The lowest BCUT2D eigenvalue weighted by molar-refractivity contribution is -0.118. The van der Waals surface area contributed by atoms with Gasteiger partial charge in [0.25, 0.3) is 0 Å². The van der Waals surface area contributed by atoms with Gasteiger partial charge in [-0.25, -0.2) is 0 Å². The third-order valence-corrected chi connectivity index (χ3v) is 7.81. The Morgan fingerprint density at radius 2 is 1.70 bits per heavy atom. The van der Waals surface area contributed by atoms with Crippen LogP contribution in [0.15, 0.2) is 84.4 Å². The van der Waals surface area contributed by atoms with Gasteiger partial charge >= 0.3 is 0 Å². The van der Waals surface area contributed by atoms with E-state index >= 15 is 0 Å². The van der Waals surface area contributed by atoms with Crippen LogP contribution in [-0.2, 0) is 11.4 Å². The van der Waals surface area contributed by atoms with Crippen LogP contribution in [-0.4, -0.2) is 5.78 Å². The second kappa shape index (κ2) is 9.24. The zero-order valence-electron chi connectivity index (χ0n) is 20.8. The van der Waals surface area contributed by atoms with Crippen molar-refractivity contribution < 1.29 is 9.53 Å². The molecule has 0 saturated heterocycles. The second-order valence-corrected chi connectivity index (χ2v) is 11.5. The summed E-state index contributed by atoms with van der Waals surface area (Å²) in [5.74, 6) is 0.689. The monoisotopic (exact) mass is 527 g/mol. The molecule has 6 rings (SSSR count). The summed E-state index contributed by atoms with van der Waals surface area (Å²) < 4.78 is 6.31. The minimum Gasteiger partial charge on any atom is -0.487 e. The number of benzene rings is 4. The third-order valence-electron chi connectivity index (χ3n) is 7.31. The Kier molecular flexibility index (Phi) is 6.01. The van der Waals surface area contributed by atoms with Gasteiger partial charge in [0.2, 0.25) is 0 Å². The van der Waals surface area contributed by atoms with E-state index in [1.165, 1.54) is 0 Å². The Hall–Kier alpha value is -3.27. The van der Waals surface area contributed by atoms with Crippen LogP contribution in [0.1, 0.15) is 49.4 Å². The Morgan fingerprint density at radius 3 is 2.51 bits per heavy atom. The number of halogens is 2. The molecule has 0 aromatic heterocycles. The molecule has 0 spiro atoms. The molecule has 3 nitrogen and oxygen atoms in total. The first-order valence-electron chi connectivity index (χ1n) is 12.5. The lowest BCUT2D eigenvalue weighted by Crippen LogP contribution is -2.33. The molecule has 1 aliphatic carbocycles.